The lowest BCUT2D eigenvalue weighted by Gasteiger charge is -2.23. The molecule has 16 heavy (non-hydrogen) atoms. The van der Waals surface area contributed by atoms with E-state index in [1.807, 2.05) is 19.9 Å². The Hall–Kier alpha value is -1.34. The molecule has 0 unspecified atom stereocenters. The Morgan fingerprint density at radius 1 is 1.44 bits per heavy atom. The molecule has 0 aliphatic heterocycles. The van der Waals surface area contributed by atoms with E-state index in [2.05, 4.69) is 21.2 Å². The van der Waals surface area contributed by atoms with Crippen LogP contribution in [0.1, 0.15) is 29.8 Å². The summed E-state index contributed by atoms with van der Waals surface area (Å²) in [5, 5.41) is 12.2. The van der Waals surface area contributed by atoms with Gasteiger partial charge in [0.25, 0.3) is 5.91 Å². The van der Waals surface area contributed by atoms with Crippen LogP contribution in [0.2, 0.25) is 0 Å². The minimum atomic E-state index is -0.287. The lowest BCUT2D eigenvalue weighted by Crippen LogP contribution is -2.44. The fourth-order valence-electron chi connectivity index (χ4n) is 1.11. The molecule has 0 heterocycles. The zero-order chi connectivity index (χ0) is 12.2. The van der Waals surface area contributed by atoms with Crippen molar-refractivity contribution >= 4 is 21.8 Å². The molecule has 0 fully saturated rings. The molecule has 0 saturated carbocycles. The number of benzene rings is 1. The fourth-order valence-corrected chi connectivity index (χ4v) is 1.25. The third-order valence-corrected chi connectivity index (χ3v) is 3.46. The summed E-state index contributed by atoms with van der Waals surface area (Å²) in [6.07, 6.45) is 0. The molecule has 0 aromatic heterocycles. The SMILES string of the molecule is CC(C)(CBr)NC(=O)c1ccc(C#N)cc1. The summed E-state index contributed by atoms with van der Waals surface area (Å²) in [6.45, 7) is 3.87. The van der Waals surface area contributed by atoms with Gasteiger partial charge in [0.05, 0.1) is 11.6 Å². The van der Waals surface area contributed by atoms with Crippen LogP contribution in [0, 0.1) is 11.3 Å². The van der Waals surface area contributed by atoms with E-state index in [9.17, 15) is 4.79 Å². The van der Waals surface area contributed by atoms with Crippen molar-refractivity contribution in [3.05, 3.63) is 35.4 Å². The van der Waals surface area contributed by atoms with Crippen molar-refractivity contribution < 1.29 is 4.79 Å². The maximum atomic E-state index is 11.8. The van der Waals surface area contributed by atoms with Gasteiger partial charge in [0, 0.05) is 16.4 Å². The van der Waals surface area contributed by atoms with Crippen LogP contribution in [-0.4, -0.2) is 16.8 Å². The maximum absolute atomic E-state index is 11.8. The maximum Gasteiger partial charge on any atom is 0.251 e. The first-order valence-electron chi connectivity index (χ1n) is 4.87. The number of carbonyl (C=O) groups excluding carboxylic acids is 1. The Balaban J connectivity index is 2.78. The quantitative estimate of drug-likeness (QED) is 0.865. The summed E-state index contributed by atoms with van der Waals surface area (Å²) in [5.41, 5.74) is 0.828. The summed E-state index contributed by atoms with van der Waals surface area (Å²) in [4.78, 5) is 11.8. The molecule has 1 N–H and O–H groups in total. The normalized spacial score (nSPS) is 10.6. The summed E-state index contributed by atoms with van der Waals surface area (Å²) in [6, 6.07) is 8.59. The Labute approximate surface area is 104 Å². The van der Waals surface area contributed by atoms with E-state index in [-0.39, 0.29) is 11.4 Å². The summed E-state index contributed by atoms with van der Waals surface area (Å²) in [5.74, 6) is -0.131. The van der Waals surface area contributed by atoms with E-state index in [1.54, 1.807) is 24.3 Å². The Bertz CT molecular complexity index is 418. The summed E-state index contributed by atoms with van der Waals surface area (Å²) in [7, 11) is 0. The molecule has 1 amide bonds. The molecule has 0 bridgehead atoms. The number of hydrogen-bond donors (Lipinski definition) is 1. The molecule has 0 aliphatic carbocycles. The first-order chi connectivity index (χ1) is 7.48. The number of nitrogens with one attached hydrogen (secondary N) is 1. The van der Waals surface area contributed by atoms with E-state index < -0.39 is 0 Å². The lowest BCUT2D eigenvalue weighted by molar-refractivity contribution is 0.0921. The standard InChI is InChI=1S/C12H13BrN2O/c1-12(2,8-13)15-11(16)10-5-3-9(7-14)4-6-10/h3-6H,8H2,1-2H3,(H,15,16). The predicted octanol–water partition coefficient (Wildman–Crippen LogP) is 2.46. The smallest absolute Gasteiger partial charge is 0.251 e. The van der Waals surface area contributed by atoms with Gasteiger partial charge in [0.1, 0.15) is 0 Å². The van der Waals surface area contributed by atoms with Crippen LogP contribution < -0.4 is 5.32 Å². The number of hydrogen-bond acceptors (Lipinski definition) is 2. The molecular weight excluding hydrogens is 268 g/mol. The van der Waals surface area contributed by atoms with Crippen molar-refractivity contribution in [1.29, 1.82) is 5.26 Å². The fraction of sp³-hybridized carbons (Fsp3) is 0.333. The first kappa shape index (κ1) is 12.7. The zero-order valence-corrected chi connectivity index (χ0v) is 10.8. The molecule has 1 rings (SSSR count). The van der Waals surface area contributed by atoms with E-state index in [4.69, 9.17) is 5.26 Å². The summed E-state index contributed by atoms with van der Waals surface area (Å²) < 4.78 is 0. The highest BCUT2D eigenvalue weighted by Crippen LogP contribution is 2.09. The largest absolute Gasteiger partial charge is 0.346 e. The van der Waals surface area contributed by atoms with E-state index >= 15 is 0 Å². The van der Waals surface area contributed by atoms with Gasteiger partial charge in [-0.25, -0.2) is 0 Å². The van der Waals surface area contributed by atoms with Gasteiger partial charge in [-0.05, 0) is 38.1 Å². The van der Waals surface area contributed by atoms with Crippen molar-refractivity contribution in [3.8, 4) is 6.07 Å². The number of amides is 1. The van der Waals surface area contributed by atoms with Crippen LogP contribution in [0.4, 0.5) is 0 Å². The monoisotopic (exact) mass is 280 g/mol. The number of carbonyl (C=O) groups is 1. The molecule has 0 radical (unpaired) electrons. The Morgan fingerprint density at radius 3 is 2.44 bits per heavy atom. The van der Waals surface area contributed by atoms with E-state index in [0.29, 0.717) is 16.5 Å². The average Bonchev–Trinajstić information content (AvgIpc) is 2.28. The van der Waals surface area contributed by atoms with Crippen LogP contribution in [0.5, 0.6) is 0 Å². The molecule has 0 aliphatic rings. The van der Waals surface area contributed by atoms with E-state index in [0.717, 1.165) is 0 Å². The topological polar surface area (TPSA) is 52.9 Å². The second kappa shape index (κ2) is 5.13. The third kappa shape index (κ3) is 3.35. The van der Waals surface area contributed by atoms with Crippen LogP contribution in [0.25, 0.3) is 0 Å². The van der Waals surface area contributed by atoms with Crippen LogP contribution in [0.3, 0.4) is 0 Å². The van der Waals surface area contributed by atoms with Crippen LogP contribution in [0.15, 0.2) is 24.3 Å². The Morgan fingerprint density at radius 2 is 2.00 bits per heavy atom. The molecule has 0 atom stereocenters. The third-order valence-electron chi connectivity index (χ3n) is 2.06. The van der Waals surface area contributed by atoms with Gasteiger partial charge in [-0.1, -0.05) is 15.9 Å². The average molecular weight is 281 g/mol. The molecule has 3 nitrogen and oxygen atoms in total. The zero-order valence-electron chi connectivity index (χ0n) is 9.25. The van der Waals surface area contributed by atoms with Crippen LogP contribution >= 0.6 is 15.9 Å². The van der Waals surface area contributed by atoms with Crippen LogP contribution in [-0.2, 0) is 0 Å². The number of nitriles is 1. The number of nitrogens with zero attached hydrogens (tertiary/aromatic N) is 1. The molecule has 4 heteroatoms. The molecular formula is C12H13BrN2O. The lowest BCUT2D eigenvalue weighted by atomic mass is 10.1. The van der Waals surface area contributed by atoms with Gasteiger partial charge in [0.15, 0.2) is 0 Å². The minimum Gasteiger partial charge on any atom is -0.346 e. The second-order valence-corrected chi connectivity index (χ2v) is 4.72. The van der Waals surface area contributed by atoms with Gasteiger partial charge in [-0.2, -0.15) is 5.26 Å². The number of halogens is 1. The van der Waals surface area contributed by atoms with Crippen molar-refractivity contribution in [2.45, 2.75) is 19.4 Å². The molecule has 0 saturated heterocycles. The number of alkyl halides is 1. The predicted molar refractivity (Wildman–Crippen MR) is 66.5 cm³/mol. The van der Waals surface area contributed by atoms with Gasteiger partial charge in [0.2, 0.25) is 0 Å². The number of rotatable bonds is 3. The van der Waals surface area contributed by atoms with Crippen molar-refractivity contribution in [2.75, 3.05) is 5.33 Å². The highest BCUT2D eigenvalue weighted by atomic mass is 79.9. The molecule has 0 spiro atoms. The molecule has 1 aromatic carbocycles. The van der Waals surface area contributed by atoms with Crippen molar-refractivity contribution in [1.82, 2.24) is 5.32 Å². The first-order valence-corrected chi connectivity index (χ1v) is 5.99. The summed E-state index contributed by atoms with van der Waals surface area (Å²) >= 11 is 3.34. The highest BCUT2D eigenvalue weighted by molar-refractivity contribution is 9.09. The second-order valence-electron chi connectivity index (χ2n) is 4.16. The molecule has 84 valence electrons. The van der Waals surface area contributed by atoms with Crippen molar-refractivity contribution in [2.24, 2.45) is 0 Å². The van der Waals surface area contributed by atoms with Gasteiger partial charge in [-0.15, -0.1) is 0 Å². The highest BCUT2D eigenvalue weighted by Gasteiger charge is 2.19. The van der Waals surface area contributed by atoms with Gasteiger partial charge in [-0.3, -0.25) is 4.79 Å². The Kier molecular flexibility index (Phi) is 4.08. The van der Waals surface area contributed by atoms with Gasteiger partial charge >= 0.3 is 0 Å². The van der Waals surface area contributed by atoms with Crippen molar-refractivity contribution in [3.63, 3.8) is 0 Å². The van der Waals surface area contributed by atoms with E-state index in [1.165, 1.54) is 0 Å². The van der Waals surface area contributed by atoms with Gasteiger partial charge < -0.3 is 5.32 Å². The molecule has 1 aromatic rings. The minimum absolute atomic E-state index is 0.131.